The molecule has 0 amide bonds. The van der Waals surface area contributed by atoms with Crippen molar-refractivity contribution in [3.8, 4) is 0 Å². The molecule has 308 valence electrons. The van der Waals surface area contributed by atoms with Crippen LogP contribution in [-0.2, 0) is 18.6 Å². The average molecular weight is 746 g/mol. The molecule has 0 heterocycles. The molecule has 7 heteroatoms. The van der Waals surface area contributed by atoms with Crippen molar-refractivity contribution in [1.82, 2.24) is 0 Å². The summed E-state index contributed by atoms with van der Waals surface area (Å²) in [5, 5.41) is 0. The Kier molecular flexibility index (Phi) is 38.3. The van der Waals surface area contributed by atoms with E-state index in [2.05, 4.69) is 13.8 Å². The van der Waals surface area contributed by atoms with E-state index in [4.69, 9.17) is 14.0 Å². The van der Waals surface area contributed by atoms with E-state index in [-0.39, 0.29) is 18.9 Å². The molecule has 0 saturated carbocycles. The van der Waals surface area contributed by atoms with Crippen LogP contribution in [0.2, 0.25) is 0 Å². The Labute approximate surface area is 320 Å². The van der Waals surface area contributed by atoms with Gasteiger partial charge in [-0.25, -0.2) is 0 Å². The first kappa shape index (κ1) is 51.0. The van der Waals surface area contributed by atoms with Gasteiger partial charge in [0.2, 0.25) is 0 Å². The molecule has 0 rings (SSSR count). The molecule has 6 nitrogen and oxygen atoms in total. The molecule has 1 unspecified atom stereocenters. The minimum Gasteiger partial charge on any atom is -0.778 e. The van der Waals surface area contributed by atoms with Crippen LogP contribution in [-0.4, -0.2) is 70.9 Å². The summed E-state index contributed by atoms with van der Waals surface area (Å²) < 4.78 is 30.7. The third-order valence-electron chi connectivity index (χ3n) is 10.3. The molecular formula is C44H92NO5P. The molecular weight excluding hydrogens is 653 g/mol. The lowest BCUT2D eigenvalue weighted by atomic mass is 10.0. The van der Waals surface area contributed by atoms with Crippen molar-refractivity contribution in [2.45, 2.75) is 225 Å². The summed E-state index contributed by atoms with van der Waals surface area (Å²) in [5.41, 5.74) is 0. The third kappa shape index (κ3) is 42.6. The van der Waals surface area contributed by atoms with Gasteiger partial charge in [0.05, 0.1) is 47.1 Å². The van der Waals surface area contributed by atoms with E-state index >= 15 is 0 Å². The van der Waals surface area contributed by atoms with Gasteiger partial charge in [0.1, 0.15) is 13.7 Å². The summed E-state index contributed by atoms with van der Waals surface area (Å²) in [7, 11) is 2.09. The molecule has 0 aliphatic carbocycles. The number of ether oxygens (including phenoxy) is 2. The number of nitrogens with zero attached hydrogens (tertiary/aromatic N) is 1. The molecule has 51 heavy (non-hydrogen) atoms. The van der Waals surface area contributed by atoms with Gasteiger partial charge in [0.25, 0.3) is 0 Å². The summed E-state index contributed by atoms with van der Waals surface area (Å²) in [6.45, 7) is 6.89. The highest BCUT2D eigenvalue weighted by atomic mass is 31.2. The number of unbranched alkanes of at least 4 members (excludes halogenated alkanes) is 30. The summed E-state index contributed by atoms with van der Waals surface area (Å²) in [6.07, 6.45) is 42.9. The minimum atomic E-state index is -3.90. The van der Waals surface area contributed by atoms with Crippen molar-refractivity contribution in [1.29, 1.82) is 0 Å². The molecule has 0 spiro atoms. The van der Waals surface area contributed by atoms with Gasteiger partial charge in [-0.15, -0.1) is 0 Å². The molecule has 0 N–H and O–H groups in total. The van der Waals surface area contributed by atoms with Crippen molar-refractivity contribution in [3.05, 3.63) is 0 Å². The second-order valence-electron chi connectivity index (χ2n) is 16.8. The summed E-state index contributed by atoms with van der Waals surface area (Å²) >= 11 is 0. The first-order chi connectivity index (χ1) is 24.7. The smallest absolute Gasteiger partial charge is 0.140 e. The second-order valence-corrected chi connectivity index (χ2v) is 18.7. The maximum absolute atomic E-state index is 12.6. The largest absolute Gasteiger partial charge is 0.778 e. The van der Waals surface area contributed by atoms with Crippen LogP contribution in [0, 0.1) is 0 Å². The minimum absolute atomic E-state index is 0.0440. The first-order valence-electron chi connectivity index (χ1n) is 22.6. The van der Waals surface area contributed by atoms with E-state index in [1.165, 1.54) is 186 Å². The monoisotopic (exact) mass is 746 g/mol. The van der Waals surface area contributed by atoms with E-state index in [1.807, 2.05) is 21.1 Å². The van der Waals surface area contributed by atoms with Crippen molar-refractivity contribution in [2.75, 3.05) is 60.3 Å². The highest BCUT2D eigenvalue weighted by Gasteiger charge is 2.18. The van der Waals surface area contributed by atoms with Crippen LogP contribution in [0.3, 0.4) is 0 Å². The SMILES string of the molecule is CCCCCCCCCCCCCCCCCCOC[C@@H](COP(=O)([O-])CC[N+](C)(C)C)OCCCCCCCCCCCCCCCCCC. The van der Waals surface area contributed by atoms with Gasteiger partial charge in [0.15, 0.2) is 0 Å². The Hall–Kier alpha value is 0.0300. The van der Waals surface area contributed by atoms with E-state index in [0.717, 1.165) is 19.3 Å². The normalized spacial score (nSPS) is 13.9. The van der Waals surface area contributed by atoms with Gasteiger partial charge in [-0.05, 0) is 12.8 Å². The fourth-order valence-corrected chi connectivity index (χ4v) is 8.06. The van der Waals surface area contributed by atoms with Crippen LogP contribution in [0.4, 0.5) is 0 Å². The van der Waals surface area contributed by atoms with E-state index in [9.17, 15) is 9.46 Å². The zero-order valence-electron chi connectivity index (χ0n) is 35.4. The van der Waals surface area contributed by atoms with Gasteiger partial charge >= 0.3 is 0 Å². The Morgan fingerprint density at radius 1 is 0.471 bits per heavy atom. The van der Waals surface area contributed by atoms with Gasteiger partial charge in [-0.1, -0.05) is 206 Å². The summed E-state index contributed by atoms with van der Waals surface area (Å²) in [6, 6.07) is 0. The highest BCUT2D eigenvalue weighted by molar-refractivity contribution is 7.51. The zero-order chi connectivity index (χ0) is 37.6. The van der Waals surface area contributed by atoms with Crippen LogP contribution in [0.1, 0.15) is 219 Å². The van der Waals surface area contributed by atoms with Crippen molar-refractivity contribution < 1.29 is 27.9 Å². The van der Waals surface area contributed by atoms with Crippen molar-refractivity contribution >= 4 is 7.60 Å². The van der Waals surface area contributed by atoms with Crippen LogP contribution in [0.25, 0.3) is 0 Å². The van der Waals surface area contributed by atoms with Crippen molar-refractivity contribution in [2.24, 2.45) is 0 Å². The number of hydrogen-bond acceptors (Lipinski definition) is 5. The topological polar surface area (TPSA) is 67.8 Å². The van der Waals surface area contributed by atoms with E-state index < -0.39 is 7.60 Å². The van der Waals surface area contributed by atoms with Crippen LogP contribution >= 0.6 is 7.60 Å². The molecule has 0 aliphatic rings. The Morgan fingerprint density at radius 3 is 1.12 bits per heavy atom. The van der Waals surface area contributed by atoms with E-state index in [0.29, 0.717) is 30.8 Å². The molecule has 0 aromatic carbocycles. The summed E-state index contributed by atoms with van der Waals surface area (Å²) in [4.78, 5) is 12.6. The molecule has 0 aliphatic heterocycles. The lowest BCUT2D eigenvalue weighted by Crippen LogP contribution is -2.38. The quantitative estimate of drug-likeness (QED) is 0.0353. The number of hydrogen-bond donors (Lipinski definition) is 0. The number of rotatable bonds is 43. The lowest BCUT2D eigenvalue weighted by Gasteiger charge is -2.30. The van der Waals surface area contributed by atoms with Gasteiger partial charge in [-0.3, -0.25) is 0 Å². The van der Waals surface area contributed by atoms with Gasteiger partial charge in [-0.2, -0.15) is 0 Å². The standard InChI is InChI=1S/C44H92NO5P/c1-6-8-10-12-14-16-18-20-22-24-26-28-30-32-34-36-39-48-42-44(43-50-51(46,47)41-38-45(3,4)5)49-40-37-35-33-31-29-27-25-23-21-19-17-15-13-11-9-7-2/h44H,6-43H2,1-5H3/t44-/m0/s1. The predicted molar refractivity (Wildman–Crippen MR) is 221 cm³/mol. The second kappa shape index (κ2) is 38.3. The highest BCUT2D eigenvalue weighted by Crippen LogP contribution is 2.37. The molecule has 0 saturated heterocycles. The van der Waals surface area contributed by atoms with Gasteiger partial charge < -0.3 is 27.9 Å². The maximum Gasteiger partial charge on any atom is 0.140 e. The molecule has 0 radical (unpaired) electrons. The molecule has 0 bridgehead atoms. The molecule has 2 atom stereocenters. The first-order valence-corrected chi connectivity index (χ1v) is 24.4. The Morgan fingerprint density at radius 2 is 0.784 bits per heavy atom. The molecule has 0 fully saturated rings. The van der Waals surface area contributed by atoms with E-state index in [1.54, 1.807) is 0 Å². The fraction of sp³-hybridized carbons (Fsp3) is 1.00. The predicted octanol–water partition coefficient (Wildman–Crippen LogP) is 13.2. The Balaban J connectivity index is 3.99. The lowest BCUT2D eigenvalue weighted by molar-refractivity contribution is -0.868. The fourth-order valence-electron chi connectivity index (χ4n) is 6.70. The molecule has 0 aromatic rings. The van der Waals surface area contributed by atoms with Crippen LogP contribution < -0.4 is 4.89 Å². The average Bonchev–Trinajstić information content (AvgIpc) is 3.10. The van der Waals surface area contributed by atoms with Crippen LogP contribution in [0.15, 0.2) is 0 Å². The zero-order valence-corrected chi connectivity index (χ0v) is 36.3. The maximum atomic E-state index is 12.6. The van der Waals surface area contributed by atoms with Crippen LogP contribution in [0.5, 0.6) is 0 Å². The molecule has 0 aromatic heterocycles. The third-order valence-corrected chi connectivity index (χ3v) is 11.6. The number of quaternary nitrogens is 1. The van der Waals surface area contributed by atoms with Crippen molar-refractivity contribution in [3.63, 3.8) is 0 Å². The van der Waals surface area contributed by atoms with Gasteiger partial charge in [0, 0.05) is 13.2 Å². The Bertz CT molecular complexity index is 731. The summed E-state index contributed by atoms with van der Waals surface area (Å²) in [5.74, 6) is 0.